The maximum atomic E-state index is 13.9. The van der Waals surface area contributed by atoms with Crippen molar-refractivity contribution >= 4 is 21.1 Å². The first-order valence-electron chi connectivity index (χ1n) is 8.66. The molecule has 3 aromatic rings. The van der Waals surface area contributed by atoms with E-state index < -0.39 is 15.8 Å². The van der Waals surface area contributed by atoms with Gasteiger partial charge in [0, 0.05) is 19.0 Å². The van der Waals surface area contributed by atoms with Gasteiger partial charge in [-0.2, -0.15) is 4.31 Å². The van der Waals surface area contributed by atoms with Gasteiger partial charge >= 0.3 is 0 Å². The summed E-state index contributed by atoms with van der Waals surface area (Å²) in [5.41, 5.74) is 3.09. The molecule has 26 heavy (non-hydrogen) atoms. The largest absolute Gasteiger partial charge is 0.342 e. The summed E-state index contributed by atoms with van der Waals surface area (Å²) in [5, 5.41) is 0. The molecule has 1 aromatic heterocycles. The Hall–Kier alpha value is -2.25. The summed E-state index contributed by atoms with van der Waals surface area (Å²) in [4.78, 5) is 7.76. The van der Waals surface area contributed by atoms with Crippen LogP contribution in [0.1, 0.15) is 30.1 Å². The average molecular weight is 373 g/mol. The molecule has 7 heteroatoms. The fourth-order valence-electron chi connectivity index (χ4n) is 3.50. The Balaban J connectivity index is 1.52. The van der Waals surface area contributed by atoms with E-state index in [2.05, 4.69) is 16.0 Å². The van der Waals surface area contributed by atoms with E-state index in [4.69, 9.17) is 0 Å². The first-order chi connectivity index (χ1) is 12.4. The van der Waals surface area contributed by atoms with Crippen molar-refractivity contribution in [3.8, 4) is 0 Å². The fraction of sp³-hybridized carbons (Fsp3) is 0.316. The molecule has 136 valence electrons. The molecule has 0 amide bonds. The van der Waals surface area contributed by atoms with Gasteiger partial charge in [-0.25, -0.2) is 17.8 Å². The zero-order valence-corrected chi connectivity index (χ0v) is 15.3. The second-order valence-electron chi connectivity index (χ2n) is 6.75. The quantitative estimate of drug-likeness (QED) is 0.763. The number of rotatable bonds is 3. The highest BCUT2D eigenvalue weighted by molar-refractivity contribution is 7.89. The number of hydrogen-bond acceptors (Lipinski definition) is 3. The maximum absolute atomic E-state index is 13.9. The van der Waals surface area contributed by atoms with Gasteiger partial charge in [0.1, 0.15) is 16.5 Å². The van der Waals surface area contributed by atoms with Gasteiger partial charge in [-0.05, 0) is 49.6 Å². The lowest BCUT2D eigenvalue weighted by Gasteiger charge is -2.30. The van der Waals surface area contributed by atoms with Crippen LogP contribution in [0.25, 0.3) is 11.0 Å². The van der Waals surface area contributed by atoms with E-state index in [-0.39, 0.29) is 10.8 Å². The van der Waals surface area contributed by atoms with Crippen molar-refractivity contribution in [2.24, 2.45) is 0 Å². The smallest absolute Gasteiger partial charge is 0.245 e. The Morgan fingerprint density at radius 2 is 1.88 bits per heavy atom. The number of piperidine rings is 1. The number of aromatic nitrogens is 2. The highest BCUT2D eigenvalue weighted by Crippen LogP contribution is 2.31. The van der Waals surface area contributed by atoms with Gasteiger partial charge in [0.25, 0.3) is 0 Å². The van der Waals surface area contributed by atoms with E-state index in [9.17, 15) is 12.8 Å². The van der Waals surface area contributed by atoms with Crippen molar-refractivity contribution in [3.63, 3.8) is 0 Å². The summed E-state index contributed by atoms with van der Waals surface area (Å²) >= 11 is 0. The van der Waals surface area contributed by atoms with Crippen LogP contribution in [-0.4, -0.2) is 35.8 Å². The molecule has 0 spiro atoms. The van der Waals surface area contributed by atoms with Crippen LogP contribution in [-0.2, 0) is 10.0 Å². The molecule has 0 atom stereocenters. The third-order valence-corrected chi connectivity index (χ3v) is 6.88. The Labute approximate surface area is 151 Å². The predicted octanol–water partition coefficient (Wildman–Crippen LogP) is 3.58. The predicted molar refractivity (Wildman–Crippen MR) is 98.0 cm³/mol. The Morgan fingerprint density at radius 3 is 2.62 bits per heavy atom. The zero-order valence-electron chi connectivity index (χ0n) is 14.4. The second kappa shape index (κ2) is 6.48. The van der Waals surface area contributed by atoms with Gasteiger partial charge in [0.05, 0.1) is 11.0 Å². The molecule has 0 aliphatic carbocycles. The van der Waals surface area contributed by atoms with Crippen molar-refractivity contribution in [1.29, 1.82) is 0 Å². The van der Waals surface area contributed by atoms with E-state index in [1.807, 2.05) is 19.1 Å². The third-order valence-electron chi connectivity index (χ3n) is 4.95. The van der Waals surface area contributed by atoms with Crippen LogP contribution in [0.2, 0.25) is 0 Å². The first kappa shape index (κ1) is 17.2. The molecule has 2 heterocycles. The molecule has 2 aromatic carbocycles. The van der Waals surface area contributed by atoms with E-state index >= 15 is 0 Å². The number of sulfonamides is 1. The molecule has 0 unspecified atom stereocenters. The van der Waals surface area contributed by atoms with Crippen LogP contribution in [0.5, 0.6) is 0 Å². The normalized spacial score (nSPS) is 17.0. The van der Waals surface area contributed by atoms with Crippen LogP contribution in [0.4, 0.5) is 4.39 Å². The lowest BCUT2D eigenvalue weighted by atomic mass is 9.97. The molecule has 1 aliphatic rings. The van der Waals surface area contributed by atoms with Gasteiger partial charge in [0.15, 0.2) is 0 Å². The molecule has 1 aliphatic heterocycles. The summed E-state index contributed by atoms with van der Waals surface area (Å²) in [6, 6.07) is 11.6. The van der Waals surface area contributed by atoms with Crippen molar-refractivity contribution in [3.05, 3.63) is 59.7 Å². The summed E-state index contributed by atoms with van der Waals surface area (Å²) in [5.74, 6) is 0.366. The van der Waals surface area contributed by atoms with Gasteiger partial charge in [0.2, 0.25) is 10.0 Å². The van der Waals surface area contributed by atoms with E-state index in [0.29, 0.717) is 25.9 Å². The molecule has 1 fully saturated rings. The van der Waals surface area contributed by atoms with Crippen LogP contribution in [0.3, 0.4) is 0 Å². The molecule has 0 saturated carbocycles. The number of aromatic amines is 1. The molecule has 0 bridgehead atoms. The molecule has 4 rings (SSSR count). The van der Waals surface area contributed by atoms with Crippen molar-refractivity contribution in [2.75, 3.05) is 13.1 Å². The van der Waals surface area contributed by atoms with Crippen LogP contribution >= 0.6 is 0 Å². The maximum Gasteiger partial charge on any atom is 0.245 e. The fourth-order valence-corrected chi connectivity index (χ4v) is 5.03. The number of benzene rings is 2. The zero-order chi connectivity index (χ0) is 18.3. The van der Waals surface area contributed by atoms with Crippen molar-refractivity contribution < 1.29 is 12.8 Å². The third kappa shape index (κ3) is 3.01. The SMILES string of the molecule is Cc1ccc2nc(C3CCN(S(=O)(=O)c4ccccc4F)CC3)[nH]c2c1. The van der Waals surface area contributed by atoms with E-state index in [0.717, 1.165) is 16.9 Å². The number of nitrogens with one attached hydrogen (secondary N) is 1. The molecule has 0 radical (unpaired) electrons. The number of fused-ring (bicyclic) bond motifs is 1. The van der Waals surface area contributed by atoms with Gasteiger partial charge in [-0.1, -0.05) is 18.2 Å². The summed E-state index contributed by atoms with van der Waals surface area (Å²) in [7, 11) is -3.80. The highest BCUT2D eigenvalue weighted by atomic mass is 32.2. The molecule has 5 nitrogen and oxygen atoms in total. The average Bonchev–Trinajstić information content (AvgIpc) is 3.05. The van der Waals surface area contributed by atoms with E-state index in [1.165, 1.54) is 28.1 Å². The standard InChI is InChI=1S/C19H20FN3O2S/c1-13-6-7-16-17(12-13)22-19(21-16)14-8-10-23(11-9-14)26(24,25)18-5-3-2-4-15(18)20/h2-7,12,14H,8-11H2,1H3,(H,21,22). The Morgan fingerprint density at radius 1 is 1.15 bits per heavy atom. The summed E-state index contributed by atoms with van der Waals surface area (Å²) in [6.45, 7) is 2.75. The lowest BCUT2D eigenvalue weighted by molar-refractivity contribution is 0.313. The van der Waals surface area contributed by atoms with Gasteiger partial charge < -0.3 is 4.98 Å². The number of hydrogen-bond donors (Lipinski definition) is 1. The lowest BCUT2D eigenvalue weighted by Crippen LogP contribution is -2.38. The minimum Gasteiger partial charge on any atom is -0.342 e. The molecule has 1 N–H and O–H groups in total. The minimum absolute atomic E-state index is 0.176. The Kier molecular flexibility index (Phi) is 4.28. The summed E-state index contributed by atoms with van der Waals surface area (Å²) in [6.07, 6.45) is 1.32. The van der Waals surface area contributed by atoms with Crippen molar-refractivity contribution in [1.82, 2.24) is 14.3 Å². The number of imidazole rings is 1. The highest BCUT2D eigenvalue weighted by Gasteiger charge is 2.32. The van der Waals surface area contributed by atoms with Crippen molar-refractivity contribution in [2.45, 2.75) is 30.6 Å². The van der Waals surface area contributed by atoms with Gasteiger partial charge in [-0.15, -0.1) is 0 Å². The number of aryl methyl sites for hydroxylation is 1. The second-order valence-corrected chi connectivity index (χ2v) is 8.66. The number of H-pyrrole nitrogens is 1. The van der Waals surface area contributed by atoms with Crippen LogP contribution < -0.4 is 0 Å². The minimum atomic E-state index is -3.80. The number of halogens is 1. The first-order valence-corrected chi connectivity index (χ1v) is 10.1. The molecular weight excluding hydrogens is 353 g/mol. The van der Waals surface area contributed by atoms with Crippen LogP contribution in [0.15, 0.2) is 47.4 Å². The van der Waals surface area contributed by atoms with Gasteiger partial charge in [-0.3, -0.25) is 0 Å². The van der Waals surface area contributed by atoms with E-state index in [1.54, 1.807) is 6.07 Å². The Bertz CT molecular complexity index is 1050. The monoisotopic (exact) mass is 373 g/mol. The molecule has 1 saturated heterocycles. The summed E-state index contributed by atoms with van der Waals surface area (Å²) < 4.78 is 40.7. The topological polar surface area (TPSA) is 66.1 Å². The molecular formula is C19H20FN3O2S. The number of nitrogens with zero attached hydrogens (tertiary/aromatic N) is 2. The van der Waals surface area contributed by atoms with Crippen LogP contribution in [0, 0.1) is 12.7 Å².